The maximum absolute atomic E-state index is 11.1. The predicted molar refractivity (Wildman–Crippen MR) is 70.9 cm³/mol. The first kappa shape index (κ1) is 12.6. The van der Waals surface area contributed by atoms with Crippen molar-refractivity contribution in [3.8, 4) is 17.0 Å². The van der Waals surface area contributed by atoms with Gasteiger partial charge in [0, 0.05) is 10.0 Å². The van der Waals surface area contributed by atoms with Crippen LogP contribution in [0.5, 0.6) is 5.75 Å². The number of carboxylic acid groups (broad SMARTS) is 1. The zero-order chi connectivity index (χ0) is 13.1. The number of halogens is 1. The molecule has 1 aromatic heterocycles. The van der Waals surface area contributed by atoms with E-state index in [1.165, 1.54) is 19.4 Å². The average molecular weight is 308 g/mol. The van der Waals surface area contributed by atoms with Crippen molar-refractivity contribution in [3.63, 3.8) is 0 Å². The molecule has 0 aliphatic rings. The van der Waals surface area contributed by atoms with Crippen molar-refractivity contribution in [2.75, 3.05) is 7.11 Å². The summed E-state index contributed by atoms with van der Waals surface area (Å²) in [5, 5.41) is 9.12. The number of methoxy groups -OCH3 is 1. The Labute approximate surface area is 112 Å². The van der Waals surface area contributed by atoms with Crippen molar-refractivity contribution in [1.82, 2.24) is 4.98 Å². The highest BCUT2D eigenvalue weighted by molar-refractivity contribution is 9.10. The number of nitrogens with zero attached hydrogens (tertiary/aromatic N) is 1. The van der Waals surface area contributed by atoms with E-state index in [2.05, 4.69) is 20.9 Å². The molecule has 0 aliphatic heterocycles. The predicted octanol–water partition coefficient (Wildman–Crippen LogP) is 3.22. The molecular weight excluding hydrogens is 298 g/mol. The highest BCUT2D eigenvalue weighted by Gasteiger charge is 2.14. The molecule has 0 unspecified atom stereocenters. The van der Waals surface area contributed by atoms with Crippen LogP contribution in [0.25, 0.3) is 11.3 Å². The third-order valence-corrected chi connectivity index (χ3v) is 3.16. The lowest BCUT2D eigenvalue weighted by molar-refractivity contribution is 0.0693. The minimum atomic E-state index is -1.04. The third kappa shape index (κ3) is 2.36. The number of benzene rings is 1. The lowest BCUT2D eigenvalue weighted by atomic mass is 10.1. The summed E-state index contributed by atoms with van der Waals surface area (Å²) in [4.78, 5) is 15.3. The number of carbonyl (C=O) groups is 1. The maximum Gasteiger partial charge on any atom is 0.339 e. The summed E-state index contributed by atoms with van der Waals surface area (Å²) in [6.07, 6.45) is 1.41. The number of aromatic nitrogens is 1. The van der Waals surface area contributed by atoms with Crippen LogP contribution in [0, 0.1) is 0 Å². The van der Waals surface area contributed by atoms with Gasteiger partial charge in [-0.05, 0) is 12.1 Å². The zero-order valence-corrected chi connectivity index (χ0v) is 11.1. The standard InChI is InChI=1S/C13H10BrNO3/c1-18-12-7-15-11(6-9(12)13(16)17)8-4-2-3-5-10(8)14/h2-7H,1H3,(H,16,17). The summed E-state index contributed by atoms with van der Waals surface area (Å²) in [5.74, 6) is -0.791. The molecule has 0 saturated heterocycles. The molecule has 2 rings (SSSR count). The molecular formula is C13H10BrNO3. The van der Waals surface area contributed by atoms with Crippen LogP contribution >= 0.6 is 15.9 Å². The van der Waals surface area contributed by atoms with Gasteiger partial charge in [-0.2, -0.15) is 0 Å². The molecule has 5 heteroatoms. The number of carboxylic acids is 1. The van der Waals surface area contributed by atoms with Crippen molar-refractivity contribution in [2.24, 2.45) is 0 Å². The Morgan fingerprint density at radius 1 is 1.39 bits per heavy atom. The van der Waals surface area contributed by atoms with Crippen molar-refractivity contribution in [2.45, 2.75) is 0 Å². The summed E-state index contributed by atoms with van der Waals surface area (Å²) >= 11 is 3.41. The van der Waals surface area contributed by atoms with Gasteiger partial charge in [0.15, 0.2) is 5.75 Å². The SMILES string of the molecule is COc1cnc(-c2ccccc2Br)cc1C(=O)O. The monoisotopic (exact) mass is 307 g/mol. The van der Waals surface area contributed by atoms with Crippen LogP contribution in [0.15, 0.2) is 41.0 Å². The lowest BCUT2D eigenvalue weighted by Crippen LogP contribution is -2.02. The van der Waals surface area contributed by atoms with E-state index in [1.54, 1.807) is 0 Å². The fraction of sp³-hybridized carbons (Fsp3) is 0.0769. The van der Waals surface area contributed by atoms with Crippen molar-refractivity contribution in [3.05, 3.63) is 46.6 Å². The quantitative estimate of drug-likeness (QED) is 0.946. The fourth-order valence-corrected chi connectivity index (χ4v) is 2.08. The summed E-state index contributed by atoms with van der Waals surface area (Å²) < 4.78 is 5.83. The molecule has 4 nitrogen and oxygen atoms in total. The summed E-state index contributed by atoms with van der Waals surface area (Å²) in [6, 6.07) is 9.00. The van der Waals surface area contributed by atoms with Crippen LogP contribution in [0.2, 0.25) is 0 Å². The van der Waals surface area contributed by atoms with E-state index in [9.17, 15) is 4.79 Å². The highest BCUT2D eigenvalue weighted by atomic mass is 79.9. The Balaban J connectivity index is 2.57. The molecule has 0 bridgehead atoms. The number of aromatic carboxylic acids is 1. The van der Waals surface area contributed by atoms with Gasteiger partial charge in [-0.15, -0.1) is 0 Å². The first-order valence-electron chi connectivity index (χ1n) is 5.15. The van der Waals surface area contributed by atoms with Crippen molar-refractivity contribution < 1.29 is 14.6 Å². The number of rotatable bonds is 3. The Hall–Kier alpha value is -1.88. The molecule has 0 fully saturated rings. The minimum Gasteiger partial charge on any atom is -0.494 e. The normalized spacial score (nSPS) is 10.1. The molecule has 92 valence electrons. The fourth-order valence-electron chi connectivity index (χ4n) is 1.59. The minimum absolute atomic E-state index is 0.0956. The van der Waals surface area contributed by atoms with Gasteiger partial charge in [0.2, 0.25) is 0 Å². The van der Waals surface area contributed by atoms with E-state index in [1.807, 2.05) is 24.3 Å². The van der Waals surface area contributed by atoms with Gasteiger partial charge < -0.3 is 9.84 Å². The second kappa shape index (κ2) is 5.18. The van der Waals surface area contributed by atoms with Crippen LogP contribution in [0.4, 0.5) is 0 Å². The van der Waals surface area contributed by atoms with Gasteiger partial charge in [0.1, 0.15) is 5.56 Å². The smallest absolute Gasteiger partial charge is 0.339 e. The van der Waals surface area contributed by atoms with Crippen molar-refractivity contribution >= 4 is 21.9 Å². The molecule has 0 spiro atoms. The van der Waals surface area contributed by atoms with Crippen LogP contribution in [-0.2, 0) is 0 Å². The Morgan fingerprint density at radius 3 is 2.72 bits per heavy atom. The second-order valence-corrected chi connectivity index (χ2v) is 4.41. The van der Waals surface area contributed by atoms with Gasteiger partial charge in [0.25, 0.3) is 0 Å². The van der Waals surface area contributed by atoms with Gasteiger partial charge >= 0.3 is 5.97 Å². The Morgan fingerprint density at radius 2 is 2.11 bits per heavy atom. The van der Waals surface area contributed by atoms with E-state index in [0.717, 1.165) is 10.0 Å². The van der Waals surface area contributed by atoms with Gasteiger partial charge in [-0.3, -0.25) is 4.98 Å². The Kier molecular flexibility index (Phi) is 3.62. The number of ether oxygens (including phenoxy) is 1. The van der Waals surface area contributed by atoms with E-state index in [-0.39, 0.29) is 11.3 Å². The van der Waals surface area contributed by atoms with E-state index in [0.29, 0.717) is 5.69 Å². The molecule has 1 N–H and O–H groups in total. The number of hydrogen-bond donors (Lipinski definition) is 1. The molecule has 1 aromatic carbocycles. The molecule has 0 saturated carbocycles. The summed E-state index contributed by atoms with van der Waals surface area (Å²) in [7, 11) is 1.42. The van der Waals surface area contributed by atoms with Crippen LogP contribution < -0.4 is 4.74 Å². The molecule has 0 atom stereocenters. The Bertz CT molecular complexity index is 599. The first-order valence-corrected chi connectivity index (χ1v) is 5.95. The molecule has 0 aliphatic carbocycles. The van der Waals surface area contributed by atoms with Crippen LogP contribution in [0.3, 0.4) is 0 Å². The van der Waals surface area contributed by atoms with Gasteiger partial charge in [-0.1, -0.05) is 34.1 Å². The molecule has 0 amide bonds. The number of pyridine rings is 1. The second-order valence-electron chi connectivity index (χ2n) is 3.55. The van der Waals surface area contributed by atoms with E-state index < -0.39 is 5.97 Å². The van der Waals surface area contributed by atoms with Crippen LogP contribution in [-0.4, -0.2) is 23.2 Å². The summed E-state index contributed by atoms with van der Waals surface area (Å²) in [6.45, 7) is 0. The topological polar surface area (TPSA) is 59.4 Å². The molecule has 18 heavy (non-hydrogen) atoms. The average Bonchev–Trinajstić information content (AvgIpc) is 2.38. The zero-order valence-electron chi connectivity index (χ0n) is 9.55. The first-order chi connectivity index (χ1) is 8.63. The van der Waals surface area contributed by atoms with E-state index in [4.69, 9.17) is 9.84 Å². The van der Waals surface area contributed by atoms with Gasteiger partial charge in [-0.25, -0.2) is 4.79 Å². The van der Waals surface area contributed by atoms with E-state index >= 15 is 0 Å². The highest BCUT2D eigenvalue weighted by Crippen LogP contribution is 2.29. The number of hydrogen-bond acceptors (Lipinski definition) is 3. The molecule has 0 radical (unpaired) electrons. The summed E-state index contributed by atoms with van der Waals surface area (Å²) in [5.41, 5.74) is 1.52. The third-order valence-electron chi connectivity index (χ3n) is 2.47. The molecule has 1 heterocycles. The largest absolute Gasteiger partial charge is 0.494 e. The lowest BCUT2D eigenvalue weighted by Gasteiger charge is -2.08. The molecule has 2 aromatic rings. The maximum atomic E-state index is 11.1. The van der Waals surface area contributed by atoms with Crippen molar-refractivity contribution in [1.29, 1.82) is 0 Å². The van der Waals surface area contributed by atoms with Crippen LogP contribution in [0.1, 0.15) is 10.4 Å². The van der Waals surface area contributed by atoms with Gasteiger partial charge in [0.05, 0.1) is 19.0 Å².